The Morgan fingerprint density at radius 1 is 0.519 bits per heavy atom. The molecule has 2 aliphatic rings. The second kappa shape index (κ2) is 6.96. The van der Waals surface area contributed by atoms with Gasteiger partial charge in [-0.05, 0) is 22.3 Å². The van der Waals surface area contributed by atoms with E-state index in [2.05, 4.69) is 0 Å². The van der Waals surface area contributed by atoms with Gasteiger partial charge in [0, 0.05) is 0 Å². The van der Waals surface area contributed by atoms with Crippen molar-refractivity contribution in [2.45, 2.75) is 48.8 Å². The van der Waals surface area contributed by atoms with Crippen LogP contribution in [0.15, 0.2) is 48.5 Å². The van der Waals surface area contributed by atoms with Crippen LogP contribution < -0.4 is 0 Å². The molecule has 6 N–H and O–H groups in total. The van der Waals surface area contributed by atoms with Crippen molar-refractivity contribution < 1.29 is 35.4 Å². The lowest BCUT2D eigenvalue weighted by Crippen LogP contribution is -2.49. The van der Waals surface area contributed by atoms with E-state index in [4.69, 9.17) is 4.74 Å². The van der Waals surface area contributed by atoms with E-state index in [1.165, 1.54) is 0 Å². The number of ether oxygens (including phenoxy) is 1. The molecular formula is C20H22O7. The first-order valence-corrected chi connectivity index (χ1v) is 8.83. The molecule has 0 unspecified atom stereocenters. The first kappa shape index (κ1) is 18.5. The van der Waals surface area contributed by atoms with Crippen molar-refractivity contribution in [1.82, 2.24) is 0 Å². The molecule has 0 radical (unpaired) electrons. The normalized spacial score (nSPS) is 38.1. The molecule has 8 atom stereocenters. The Morgan fingerprint density at radius 3 is 1.56 bits per heavy atom. The van der Waals surface area contributed by atoms with Crippen LogP contribution in [0.3, 0.4) is 0 Å². The van der Waals surface area contributed by atoms with E-state index in [-0.39, 0.29) is 0 Å². The zero-order valence-electron chi connectivity index (χ0n) is 14.3. The Bertz CT molecular complexity index is 825. The summed E-state index contributed by atoms with van der Waals surface area (Å²) in [6.45, 7) is 0. The molecule has 2 aliphatic carbocycles. The van der Waals surface area contributed by atoms with Crippen molar-refractivity contribution >= 4 is 0 Å². The summed E-state index contributed by atoms with van der Waals surface area (Å²) in [5.41, 5.74) is 1.70. The summed E-state index contributed by atoms with van der Waals surface area (Å²) in [5.74, 6) is 0. The Kier molecular flexibility index (Phi) is 4.77. The van der Waals surface area contributed by atoms with Crippen molar-refractivity contribution in [3.63, 3.8) is 0 Å². The lowest BCUT2D eigenvalue weighted by molar-refractivity contribution is -0.210. The van der Waals surface area contributed by atoms with Gasteiger partial charge in [-0.2, -0.15) is 0 Å². The van der Waals surface area contributed by atoms with Crippen molar-refractivity contribution in [2.75, 3.05) is 0 Å². The van der Waals surface area contributed by atoms with E-state index in [0.717, 1.165) is 0 Å². The van der Waals surface area contributed by atoms with E-state index in [1.807, 2.05) is 0 Å². The maximum Gasteiger partial charge on any atom is 0.117 e. The number of hydrogen-bond donors (Lipinski definition) is 6. The summed E-state index contributed by atoms with van der Waals surface area (Å²) in [5, 5.41) is 62.5. The van der Waals surface area contributed by atoms with Gasteiger partial charge >= 0.3 is 0 Å². The van der Waals surface area contributed by atoms with Gasteiger partial charge in [0.15, 0.2) is 0 Å². The molecule has 4 rings (SSSR count). The smallest absolute Gasteiger partial charge is 0.117 e. The van der Waals surface area contributed by atoms with Crippen LogP contribution in [0, 0.1) is 0 Å². The molecule has 2 aromatic rings. The molecule has 0 spiro atoms. The number of aliphatic hydroxyl groups is 6. The second-order valence-electron chi connectivity index (χ2n) is 7.09. The molecule has 7 nitrogen and oxygen atoms in total. The molecule has 0 bridgehead atoms. The van der Waals surface area contributed by atoms with Gasteiger partial charge in [0.1, 0.15) is 48.8 Å². The summed E-state index contributed by atoms with van der Waals surface area (Å²) in [6.07, 6.45) is -10.5. The van der Waals surface area contributed by atoms with E-state index in [1.54, 1.807) is 48.5 Å². The summed E-state index contributed by atoms with van der Waals surface area (Å²) in [6, 6.07) is 13.3. The predicted octanol–water partition coefficient (Wildman–Crippen LogP) is 0.0232. The number of hydrogen-bond acceptors (Lipinski definition) is 7. The van der Waals surface area contributed by atoms with Crippen molar-refractivity contribution in [2.24, 2.45) is 0 Å². The molecule has 0 saturated heterocycles. The van der Waals surface area contributed by atoms with E-state index in [0.29, 0.717) is 22.3 Å². The molecule has 144 valence electrons. The quantitative estimate of drug-likeness (QED) is 0.437. The van der Waals surface area contributed by atoms with Gasteiger partial charge in [0.25, 0.3) is 0 Å². The molecule has 0 fully saturated rings. The van der Waals surface area contributed by atoms with E-state index < -0.39 is 48.8 Å². The average Bonchev–Trinajstić information content (AvgIpc) is 2.70. The fourth-order valence-corrected chi connectivity index (χ4v) is 4.03. The van der Waals surface area contributed by atoms with Crippen molar-refractivity contribution in [3.8, 4) is 0 Å². The number of aliphatic hydroxyl groups excluding tert-OH is 6. The Hall–Kier alpha value is -1.84. The van der Waals surface area contributed by atoms with Crippen LogP contribution >= 0.6 is 0 Å². The molecule has 0 saturated carbocycles. The first-order valence-electron chi connectivity index (χ1n) is 8.83. The van der Waals surface area contributed by atoms with Crippen LogP contribution in [0.4, 0.5) is 0 Å². The third kappa shape index (κ3) is 2.88. The molecule has 27 heavy (non-hydrogen) atoms. The Labute approximate surface area is 155 Å². The molecule has 2 aromatic carbocycles. The van der Waals surface area contributed by atoms with Crippen LogP contribution in [0.2, 0.25) is 0 Å². The monoisotopic (exact) mass is 374 g/mol. The van der Waals surface area contributed by atoms with Crippen LogP contribution in [0.25, 0.3) is 0 Å². The molecule has 7 heteroatoms. The number of rotatable bonds is 2. The minimum Gasteiger partial charge on any atom is -0.387 e. The zero-order valence-corrected chi connectivity index (χ0v) is 14.3. The minimum atomic E-state index is -1.49. The zero-order chi connectivity index (χ0) is 19.3. The minimum absolute atomic E-state index is 0.404. The first-order chi connectivity index (χ1) is 12.9. The molecule has 0 amide bonds. The van der Waals surface area contributed by atoms with Crippen molar-refractivity contribution in [3.05, 3.63) is 70.8 Å². The van der Waals surface area contributed by atoms with Gasteiger partial charge in [-0.25, -0.2) is 0 Å². The summed E-state index contributed by atoms with van der Waals surface area (Å²) >= 11 is 0. The lowest BCUT2D eigenvalue weighted by atomic mass is 9.81. The lowest BCUT2D eigenvalue weighted by Gasteiger charge is -2.43. The summed E-state index contributed by atoms with van der Waals surface area (Å²) < 4.78 is 5.86. The predicted molar refractivity (Wildman–Crippen MR) is 93.4 cm³/mol. The highest BCUT2D eigenvalue weighted by Gasteiger charge is 2.47. The summed E-state index contributed by atoms with van der Waals surface area (Å²) in [7, 11) is 0. The average molecular weight is 374 g/mol. The highest BCUT2D eigenvalue weighted by atomic mass is 16.5. The fourth-order valence-electron chi connectivity index (χ4n) is 4.03. The summed E-state index contributed by atoms with van der Waals surface area (Å²) in [4.78, 5) is 0. The topological polar surface area (TPSA) is 131 Å². The highest BCUT2D eigenvalue weighted by Crippen LogP contribution is 2.44. The van der Waals surface area contributed by atoms with E-state index in [9.17, 15) is 30.6 Å². The SMILES string of the molecule is O[C@H]1[C@H](O)[C@@H](O[C@H]2[C@H](O)[C@H](O)c3ccccc3[C@@H]2O)c2ccccc2[C@H]1O. The molecule has 0 aromatic heterocycles. The van der Waals surface area contributed by atoms with Crippen LogP contribution in [-0.4, -0.2) is 55.1 Å². The largest absolute Gasteiger partial charge is 0.387 e. The van der Waals surface area contributed by atoms with Crippen LogP contribution in [-0.2, 0) is 4.74 Å². The van der Waals surface area contributed by atoms with Gasteiger partial charge in [-0.3, -0.25) is 0 Å². The van der Waals surface area contributed by atoms with E-state index >= 15 is 0 Å². The highest BCUT2D eigenvalue weighted by molar-refractivity contribution is 5.38. The van der Waals surface area contributed by atoms with Gasteiger partial charge in [0.2, 0.25) is 0 Å². The maximum atomic E-state index is 10.7. The van der Waals surface area contributed by atoms with Gasteiger partial charge in [-0.1, -0.05) is 48.5 Å². The second-order valence-corrected chi connectivity index (χ2v) is 7.09. The molecule has 0 aliphatic heterocycles. The maximum absolute atomic E-state index is 10.7. The van der Waals surface area contributed by atoms with Gasteiger partial charge < -0.3 is 35.4 Å². The van der Waals surface area contributed by atoms with Crippen LogP contribution in [0.5, 0.6) is 0 Å². The number of fused-ring (bicyclic) bond motifs is 2. The van der Waals surface area contributed by atoms with Crippen LogP contribution in [0.1, 0.15) is 46.7 Å². The molecular weight excluding hydrogens is 352 g/mol. The fraction of sp³-hybridized carbons (Fsp3) is 0.400. The third-order valence-corrected chi connectivity index (χ3v) is 5.51. The molecule has 0 heterocycles. The third-order valence-electron chi connectivity index (χ3n) is 5.51. The Morgan fingerprint density at radius 2 is 0.963 bits per heavy atom. The van der Waals surface area contributed by atoms with Gasteiger partial charge in [-0.15, -0.1) is 0 Å². The standard InChI is InChI=1S/C20H22O7/c21-13-11-7-3-4-8-12(11)19(18(26)16(13)24)27-20-15(23)10-6-2-1-5-9(10)14(22)17(20)25/h1-8,13-26H/t13-,14-,15+,16-,17-,18+,19+,20-/m1/s1. The Balaban J connectivity index is 1.70. The number of benzene rings is 2. The van der Waals surface area contributed by atoms with Crippen molar-refractivity contribution in [1.29, 1.82) is 0 Å². The van der Waals surface area contributed by atoms with Gasteiger partial charge in [0.05, 0.1) is 0 Å².